The summed E-state index contributed by atoms with van der Waals surface area (Å²) < 4.78 is 5.19. The summed E-state index contributed by atoms with van der Waals surface area (Å²) in [5, 5.41) is 0. The van der Waals surface area contributed by atoms with E-state index in [4.69, 9.17) is 4.74 Å². The van der Waals surface area contributed by atoms with Crippen LogP contribution >= 0.6 is 0 Å². The van der Waals surface area contributed by atoms with E-state index in [1.165, 1.54) is 28.7 Å². The molecule has 1 saturated heterocycles. The molecule has 160 valence electrons. The normalized spacial score (nSPS) is 17.5. The van der Waals surface area contributed by atoms with Crippen molar-refractivity contribution in [2.45, 2.75) is 58.3 Å². The van der Waals surface area contributed by atoms with Crippen LogP contribution in [0.3, 0.4) is 0 Å². The van der Waals surface area contributed by atoms with Gasteiger partial charge in [-0.1, -0.05) is 42.5 Å². The quantitative estimate of drug-likeness (QED) is 0.648. The van der Waals surface area contributed by atoms with Gasteiger partial charge in [-0.15, -0.1) is 0 Å². The number of rotatable bonds is 6. The fourth-order valence-corrected chi connectivity index (χ4v) is 4.90. The van der Waals surface area contributed by atoms with Gasteiger partial charge in [-0.25, -0.2) is 0 Å². The van der Waals surface area contributed by atoms with Crippen molar-refractivity contribution in [3.05, 3.63) is 70.3 Å². The Kier molecular flexibility index (Phi) is 7.22. The summed E-state index contributed by atoms with van der Waals surface area (Å²) in [4.78, 5) is 14.5. The van der Waals surface area contributed by atoms with Crippen molar-refractivity contribution >= 4 is 5.97 Å². The molecule has 0 unspecified atom stereocenters. The average molecular weight is 406 g/mol. The fraction of sp³-hybridized carbons (Fsp3) is 0.519. The summed E-state index contributed by atoms with van der Waals surface area (Å²) in [5.41, 5.74) is 7.41. The highest BCUT2D eigenvalue weighted by Crippen LogP contribution is 2.22. The van der Waals surface area contributed by atoms with Gasteiger partial charge in [-0.3, -0.25) is 4.79 Å². The Morgan fingerprint density at radius 2 is 1.57 bits per heavy atom. The highest BCUT2D eigenvalue weighted by molar-refractivity contribution is 5.72. The van der Waals surface area contributed by atoms with Crippen LogP contribution < -0.4 is 0 Å². The van der Waals surface area contributed by atoms with Crippen molar-refractivity contribution in [3.8, 4) is 0 Å². The molecule has 0 amide bonds. The van der Waals surface area contributed by atoms with E-state index in [1.54, 1.807) is 5.56 Å². The smallest absolute Gasteiger partial charge is 0.309 e. The van der Waals surface area contributed by atoms with Crippen molar-refractivity contribution < 1.29 is 9.53 Å². The van der Waals surface area contributed by atoms with E-state index in [1.807, 2.05) is 6.92 Å². The first-order chi connectivity index (χ1) is 14.7. The summed E-state index contributed by atoms with van der Waals surface area (Å²) in [6, 6.07) is 16.4. The van der Waals surface area contributed by atoms with E-state index in [0.717, 1.165) is 64.6 Å². The summed E-state index contributed by atoms with van der Waals surface area (Å²) in [7, 11) is 0. The zero-order chi connectivity index (χ0) is 20.8. The lowest BCUT2D eigenvalue weighted by molar-refractivity contribution is -0.149. The first-order valence-electron chi connectivity index (χ1n) is 11.8. The van der Waals surface area contributed by atoms with Crippen LogP contribution in [0.4, 0.5) is 0 Å². The number of hydrogen-bond acceptors (Lipinski definition) is 3. The number of piperidine rings is 1. The fourth-order valence-electron chi connectivity index (χ4n) is 4.90. The minimum absolute atomic E-state index is 0.00110. The first kappa shape index (κ1) is 21.1. The van der Waals surface area contributed by atoms with E-state index < -0.39 is 0 Å². The average Bonchev–Trinajstić information content (AvgIpc) is 2.77. The molecule has 1 aliphatic heterocycles. The molecular formula is C27H35NO2. The molecule has 1 fully saturated rings. The van der Waals surface area contributed by atoms with E-state index >= 15 is 0 Å². The van der Waals surface area contributed by atoms with Crippen LogP contribution in [0.2, 0.25) is 0 Å². The predicted octanol–water partition coefficient (Wildman–Crippen LogP) is 4.78. The third-order valence-electron chi connectivity index (χ3n) is 6.81. The number of carbonyl (C=O) groups is 1. The monoisotopic (exact) mass is 405 g/mol. The maximum absolute atomic E-state index is 11.9. The van der Waals surface area contributed by atoms with Crippen LogP contribution in [0.1, 0.15) is 54.0 Å². The molecule has 4 aliphatic carbocycles. The topological polar surface area (TPSA) is 29.5 Å². The van der Waals surface area contributed by atoms with Gasteiger partial charge in [0.2, 0.25) is 0 Å². The summed E-state index contributed by atoms with van der Waals surface area (Å²) in [6.45, 7) is 5.54. The van der Waals surface area contributed by atoms with E-state index in [-0.39, 0.29) is 11.9 Å². The highest BCUT2D eigenvalue weighted by atomic mass is 16.5. The Morgan fingerprint density at radius 3 is 2.27 bits per heavy atom. The third kappa shape index (κ3) is 5.51. The van der Waals surface area contributed by atoms with Gasteiger partial charge in [0.05, 0.1) is 12.5 Å². The van der Waals surface area contributed by atoms with E-state index in [9.17, 15) is 4.79 Å². The van der Waals surface area contributed by atoms with Crippen molar-refractivity contribution in [3.63, 3.8) is 0 Å². The molecule has 0 aromatic heterocycles. The zero-order valence-electron chi connectivity index (χ0n) is 18.4. The summed E-state index contributed by atoms with van der Waals surface area (Å²) in [5.74, 6) is 0.109. The molecule has 4 bridgehead atoms. The lowest BCUT2D eigenvalue weighted by atomic mass is 9.91. The highest BCUT2D eigenvalue weighted by Gasteiger charge is 2.25. The van der Waals surface area contributed by atoms with Gasteiger partial charge in [0.25, 0.3) is 0 Å². The molecule has 7 rings (SSSR count). The minimum atomic E-state index is 0.00110. The number of benzene rings is 2. The maximum atomic E-state index is 11.9. The van der Waals surface area contributed by atoms with Crippen molar-refractivity contribution in [1.29, 1.82) is 0 Å². The number of nitrogens with zero attached hydrogens (tertiary/aromatic N) is 1. The van der Waals surface area contributed by atoms with Gasteiger partial charge in [-0.05, 0) is 106 Å². The molecule has 0 atom stereocenters. The van der Waals surface area contributed by atoms with Crippen LogP contribution in [0.5, 0.6) is 0 Å². The summed E-state index contributed by atoms with van der Waals surface area (Å²) in [6.07, 6.45) is 8.71. The third-order valence-corrected chi connectivity index (χ3v) is 6.81. The van der Waals surface area contributed by atoms with Crippen molar-refractivity contribution in [2.75, 3.05) is 26.2 Å². The van der Waals surface area contributed by atoms with Crippen molar-refractivity contribution in [2.24, 2.45) is 5.92 Å². The number of esters is 1. The Balaban J connectivity index is 1.31. The number of likely N-dealkylation sites (tertiary alicyclic amines) is 1. The second-order valence-corrected chi connectivity index (χ2v) is 8.89. The van der Waals surface area contributed by atoms with Gasteiger partial charge < -0.3 is 9.64 Å². The molecule has 3 heteroatoms. The van der Waals surface area contributed by atoms with Crippen LogP contribution in [0, 0.1) is 5.92 Å². The molecule has 0 spiro atoms. The number of hydrogen-bond donors (Lipinski definition) is 0. The molecule has 0 N–H and O–H groups in total. The van der Waals surface area contributed by atoms with Crippen molar-refractivity contribution in [1.82, 2.24) is 4.90 Å². The molecular weight excluding hydrogens is 370 g/mol. The Bertz CT molecular complexity index is 834. The van der Waals surface area contributed by atoms with Crippen LogP contribution in [0.25, 0.3) is 0 Å². The largest absolute Gasteiger partial charge is 0.466 e. The van der Waals surface area contributed by atoms with Gasteiger partial charge in [0.15, 0.2) is 0 Å². The SMILES string of the molecule is CCOC(=O)C1CCN(CCCc2cc3ccc2CCc2ccc(cc2)CC3)CC1. The second-order valence-electron chi connectivity index (χ2n) is 8.89. The maximum Gasteiger partial charge on any atom is 0.309 e. The molecule has 5 aliphatic rings. The molecule has 0 radical (unpaired) electrons. The Morgan fingerprint density at radius 1 is 0.933 bits per heavy atom. The van der Waals surface area contributed by atoms with E-state index in [0.29, 0.717) is 6.61 Å². The van der Waals surface area contributed by atoms with E-state index in [2.05, 4.69) is 47.4 Å². The Labute approximate surface area is 181 Å². The van der Waals surface area contributed by atoms with Crippen LogP contribution in [-0.2, 0) is 41.6 Å². The number of aryl methyl sites for hydroxylation is 5. The number of carbonyl (C=O) groups excluding carboxylic acids is 1. The Hall–Kier alpha value is -2.13. The molecule has 30 heavy (non-hydrogen) atoms. The molecule has 0 saturated carbocycles. The van der Waals surface area contributed by atoms with Crippen LogP contribution in [-0.4, -0.2) is 37.1 Å². The zero-order valence-corrected chi connectivity index (χ0v) is 18.4. The minimum Gasteiger partial charge on any atom is -0.466 e. The predicted molar refractivity (Wildman–Crippen MR) is 122 cm³/mol. The lowest BCUT2D eigenvalue weighted by Crippen LogP contribution is -2.37. The standard InChI is InChI=1S/C27H35NO2/c1-2-30-27(29)25-15-18-28(19-16-25)17-3-4-26-20-23-10-9-21-5-7-22(8-6-21)11-13-24(26)14-12-23/h5-8,12,14,20,25H,2-4,9-11,13,15-19H2,1H3. The molecule has 2 aromatic carbocycles. The van der Waals surface area contributed by atoms with Crippen LogP contribution in [0.15, 0.2) is 42.5 Å². The van der Waals surface area contributed by atoms with Gasteiger partial charge in [0, 0.05) is 0 Å². The molecule has 1 heterocycles. The summed E-state index contributed by atoms with van der Waals surface area (Å²) >= 11 is 0. The molecule has 3 nitrogen and oxygen atoms in total. The van der Waals surface area contributed by atoms with Gasteiger partial charge in [-0.2, -0.15) is 0 Å². The lowest BCUT2D eigenvalue weighted by Gasteiger charge is -2.30. The first-order valence-corrected chi connectivity index (χ1v) is 11.8. The van der Waals surface area contributed by atoms with Gasteiger partial charge >= 0.3 is 5.97 Å². The second kappa shape index (κ2) is 10.3. The van der Waals surface area contributed by atoms with Gasteiger partial charge in [0.1, 0.15) is 0 Å². The molecule has 2 aromatic rings. The number of ether oxygens (including phenoxy) is 1.